The molecule has 216 valence electrons. The van der Waals surface area contributed by atoms with Crippen molar-refractivity contribution in [2.45, 2.75) is 103 Å². The van der Waals surface area contributed by atoms with Gasteiger partial charge in [0, 0.05) is 18.4 Å². The molecule has 1 saturated heterocycles. The minimum Gasteiger partial charge on any atom is -0.493 e. The van der Waals surface area contributed by atoms with Gasteiger partial charge in [-0.3, -0.25) is 4.79 Å². The number of ether oxygens (including phenoxy) is 5. The van der Waals surface area contributed by atoms with Crippen molar-refractivity contribution in [2.24, 2.45) is 0 Å². The Labute approximate surface area is 231 Å². The maximum absolute atomic E-state index is 13.8. The highest BCUT2D eigenvalue weighted by atomic mass is 19.1. The zero-order valence-corrected chi connectivity index (χ0v) is 24.6. The average Bonchev–Trinajstić information content (AvgIpc) is 2.80. The Hall–Kier alpha value is -2.68. The van der Waals surface area contributed by atoms with Gasteiger partial charge in [-0.2, -0.15) is 0 Å². The second-order valence-electron chi connectivity index (χ2n) is 11.8. The molecule has 1 heterocycles. The van der Waals surface area contributed by atoms with Crippen molar-refractivity contribution < 1.29 is 38.0 Å². The molecule has 1 aliphatic rings. The van der Waals surface area contributed by atoms with Crippen molar-refractivity contribution in [3.63, 3.8) is 0 Å². The molecule has 0 aromatic heterocycles. The minimum atomic E-state index is -0.955. The molecule has 1 aliphatic heterocycles. The van der Waals surface area contributed by atoms with Gasteiger partial charge in [0.2, 0.25) is 0 Å². The van der Waals surface area contributed by atoms with E-state index >= 15 is 0 Å². The van der Waals surface area contributed by atoms with Crippen LogP contribution in [0, 0.1) is 5.82 Å². The van der Waals surface area contributed by atoms with Crippen molar-refractivity contribution in [1.82, 2.24) is 0 Å². The molecule has 0 saturated carbocycles. The lowest BCUT2D eigenvalue weighted by molar-refractivity contribution is -0.303. The van der Waals surface area contributed by atoms with Crippen molar-refractivity contribution in [3.8, 4) is 22.6 Å². The first kappa shape index (κ1) is 30.9. The van der Waals surface area contributed by atoms with Gasteiger partial charge in [0.25, 0.3) is 0 Å². The molecule has 1 N–H and O–H groups in total. The summed E-state index contributed by atoms with van der Waals surface area (Å²) in [6, 6.07) is 7.97. The number of methoxy groups -OCH3 is 2. The molecule has 7 nitrogen and oxygen atoms in total. The summed E-state index contributed by atoms with van der Waals surface area (Å²) in [6.45, 7) is 13.2. The van der Waals surface area contributed by atoms with E-state index in [-0.39, 0.29) is 30.5 Å². The second-order valence-corrected chi connectivity index (χ2v) is 11.8. The number of esters is 1. The molecular formula is C31H43FO7. The first-order chi connectivity index (χ1) is 18.1. The van der Waals surface area contributed by atoms with E-state index in [0.29, 0.717) is 34.6 Å². The van der Waals surface area contributed by atoms with Crippen LogP contribution in [0.2, 0.25) is 0 Å². The Balaban J connectivity index is 2.00. The smallest absolute Gasteiger partial charge is 0.308 e. The fourth-order valence-corrected chi connectivity index (χ4v) is 5.19. The van der Waals surface area contributed by atoms with Gasteiger partial charge in [0.05, 0.1) is 39.0 Å². The molecular weight excluding hydrogens is 503 g/mol. The van der Waals surface area contributed by atoms with Gasteiger partial charge in [-0.1, -0.05) is 26.0 Å². The average molecular weight is 547 g/mol. The van der Waals surface area contributed by atoms with Crippen molar-refractivity contribution >= 4 is 5.97 Å². The molecule has 2 aromatic rings. The minimum absolute atomic E-state index is 0.0422. The van der Waals surface area contributed by atoms with Crippen molar-refractivity contribution in [2.75, 3.05) is 14.2 Å². The molecule has 0 bridgehead atoms. The van der Waals surface area contributed by atoms with Crippen LogP contribution >= 0.6 is 0 Å². The lowest BCUT2D eigenvalue weighted by Crippen LogP contribution is -2.46. The standard InChI is InChI=1S/C31H43FO7/c1-18(2)23-17-25(35-8)29(36-9)27(19-10-12-20(32)13-11-19)28(23)24(33)15-21-14-22(38-31(6,7)37-21)16-26(34)39-30(3,4)5/h10-13,17-18,21-22,24,33H,14-16H2,1-9H3. The number of halogens is 1. The Kier molecular flexibility index (Phi) is 9.68. The predicted octanol–water partition coefficient (Wildman–Crippen LogP) is 6.70. The molecule has 0 aliphatic carbocycles. The summed E-state index contributed by atoms with van der Waals surface area (Å²) in [4.78, 5) is 12.5. The molecule has 39 heavy (non-hydrogen) atoms. The van der Waals surface area contributed by atoms with Crippen LogP contribution in [0.15, 0.2) is 30.3 Å². The maximum Gasteiger partial charge on any atom is 0.308 e. The highest BCUT2D eigenvalue weighted by Crippen LogP contribution is 2.48. The van der Waals surface area contributed by atoms with Gasteiger partial charge < -0.3 is 28.8 Å². The van der Waals surface area contributed by atoms with Gasteiger partial charge in [-0.25, -0.2) is 4.39 Å². The fraction of sp³-hybridized carbons (Fsp3) is 0.581. The number of rotatable bonds is 9. The van der Waals surface area contributed by atoms with Gasteiger partial charge in [-0.05, 0) is 75.4 Å². The van der Waals surface area contributed by atoms with Crippen LogP contribution < -0.4 is 9.47 Å². The quantitative estimate of drug-likeness (QED) is 0.351. The number of carbonyl (C=O) groups is 1. The van der Waals surface area contributed by atoms with Crippen molar-refractivity contribution in [3.05, 3.63) is 47.3 Å². The van der Waals surface area contributed by atoms with E-state index in [0.717, 1.165) is 5.56 Å². The Morgan fingerprint density at radius 1 is 1.10 bits per heavy atom. The summed E-state index contributed by atoms with van der Waals surface area (Å²) in [7, 11) is 3.11. The number of aliphatic hydroxyl groups excluding tert-OH is 1. The Morgan fingerprint density at radius 3 is 2.26 bits per heavy atom. The monoisotopic (exact) mass is 546 g/mol. The molecule has 3 atom stereocenters. The Morgan fingerprint density at radius 2 is 1.72 bits per heavy atom. The zero-order valence-electron chi connectivity index (χ0n) is 24.6. The van der Waals surface area contributed by atoms with E-state index in [1.165, 1.54) is 12.1 Å². The first-order valence-electron chi connectivity index (χ1n) is 13.4. The summed E-state index contributed by atoms with van der Waals surface area (Å²) >= 11 is 0. The third-order valence-corrected chi connectivity index (χ3v) is 6.56. The topological polar surface area (TPSA) is 83.5 Å². The SMILES string of the molecule is COc1cc(C(C)C)c(C(O)CC2CC(CC(=O)OC(C)(C)C)OC(C)(C)O2)c(-c2ccc(F)cc2)c1OC. The Bertz CT molecular complexity index is 1140. The van der Waals surface area contributed by atoms with Crippen LogP contribution in [0.25, 0.3) is 11.1 Å². The third-order valence-electron chi connectivity index (χ3n) is 6.56. The van der Waals surface area contributed by atoms with Crippen LogP contribution in [0.4, 0.5) is 4.39 Å². The summed E-state index contributed by atoms with van der Waals surface area (Å²) in [5.41, 5.74) is 2.30. The van der Waals surface area contributed by atoms with Crippen LogP contribution in [0.3, 0.4) is 0 Å². The van der Waals surface area contributed by atoms with E-state index in [4.69, 9.17) is 23.7 Å². The largest absolute Gasteiger partial charge is 0.493 e. The van der Waals surface area contributed by atoms with E-state index < -0.39 is 29.7 Å². The van der Waals surface area contributed by atoms with E-state index in [9.17, 15) is 14.3 Å². The predicted molar refractivity (Wildman–Crippen MR) is 148 cm³/mol. The number of benzene rings is 2. The maximum atomic E-state index is 13.8. The molecule has 0 spiro atoms. The van der Waals surface area contributed by atoms with Gasteiger partial charge in [0.15, 0.2) is 17.3 Å². The lowest BCUT2D eigenvalue weighted by Gasteiger charge is -2.41. The summed E-state index contributed by atoms with van der Waals surface area (Å²) in [6.07, 6.45) is -1.02. The summed E-state index contributed by atoms with van der Waals surface area (Å²) in [5.74, 6) is -0.629. The van der Waals surface area contributed by atoms with E-state index in [1.54, 1.807) is 40.2 Å². The molecule has 3 unspecified atom stereocenters. The number of hydrogen-bond acceptors (Lipinski definition) is 7. The lowest BCUT2D eigenvalue weighted by atomic mass is 9.84. The normalized spacial score (nSPS) is 20.0. The van der Waals surface area contributed by atoms with Crippen molar-refractivity contribution in [1.29, 1.82) is 0 Å². The summed E-state index contributed by atoms with van der Waals surface area (Å²) in [5, 5.41) is 11.8. The van der Waals surface area contributed by atoms with Crippen LogP contribution in [-0.2, 0) is 19.0 Å². The van der Waals surface area contributed by atoms with E-state index in [1.807, 2.05) is 40.7 Å². The number of carbonyl (C=O) groups excluding carboxylic acids is 1. The van der Waals surface area contributed by atoms with Crippen LogP contribution in [-0.4, -0.2) is 48.9 Å². The molecule has 8 heteroatoms. The van der Waals surface area contributed by atoms with Gasteiger partial charge in [0.1, 0.15) is 11.4 Å². The molecule has 2 aromatic carbocycles. The van der Waals surface area contributed by atoms with Crippen LogP contribution in [0.5, 0.6) is 11.5 Å². The highest BCUT2D eigenvalue weighted by molar-refractivity contribution is 5.79. The molecule has 1 fully saturated rings. The number of hydrogen-bond donors (Lipinski definition) is 1. The molecule has 3 rings (SSSR count). The van der Waals surface area contributed by atoms with Gasteiger partial charge >= 0.3 is 5.97 Å². The first-order valence-corrected chi connectivity index (χ1v) is 13.4. The number of aliphatic hydroxyl groups is 1. The third kappa shape index (κ3) is 7.93. The highest BCUT2D eigenvalue weighted by Gasteiger charge is 2.39. The molecule has 0 amide bonds. The second kappa shape index (κ2) is 12.2. The summed E-state index contributed by atoms with van der Waals surface area (Å²) < 4.78 is 43.0. The zero-order chi connectivity index (χ0) is 29.1. The molecule has 0 radical (unpaired) electrons. The van der Waals surface area contributed by atoms with E-state index in [2.05, 4.69) is 0 Å². The fourth-order valence-electron chi connectivity index (χ4n) is 5.19. The van der Waals surface area contributed by atoms with Gasteiger partial charge in [-0.15, -0.1) is 0 Å². The van der Waals surface area contributed by atoms with Crippen LogP contribution in [0.1, 0.15) is 90.9 Å².